The summed E-state index contributed by atoms with van der Waals surface area (Å²) in [7, 11) is 0. The van der Waals surface area contributed by atoms with Crippen LogP contribution in [0.3, 0.4) is 0 Å². The van der Waals surface area contributed by atoms with Crippen LogP contribution in [0.1, 0.15) is 6.42 Å². The fraction of sp³-hybridized carbons (Fsp3) is 0.300. The molecule has 1 unspecified atom stereocenters. The van der Waals surface area contributed by atoms with E-state index in [1.807, 2.05) is 12.1 Å². The number of halogens is 1. The van der Waals surface area contributed by atoms with Crippen LogP contribution in [-0.2, 0) is 9.59 Å². The van der Waals surface area contributed by atoms with E-state index in [0.29, 0.717) is 12.2 Å². The first-order valence-electron chi connectivity index (χ1n) is 4.79. The van der Waals surface area contributed by atoms with E-state index in [2.05, 4.69) is 27.6 Å². The zero-order valence-corrected chi connectivity index (χ0v) is 10.5. The van der Waals surface area contributed by atoms with Gasteiger partial charge in [0.1, 0.15) is 3.70 Å². The standard InChI is InChI=1S/C10H10IN3O2/c11-8-2-1-7(4-13-8)14-5-6(10(12)16)3-9(14)15/h1-2,4,6H,3,5H2,(H2,12,16). The van der Waals surface area contributed by atoms with Crippen molar-refractivity contribution in [3.05, 3.63) is 22.0 Å². The van der Waals surface area contributed by atoms with Gasteiger partial charge in [0.15, 0.2) is 0 Å². The Morgan fingerprint density at radius 3 is 2.81 bits per heavy atom. The van der Waals surface area contributed by atoms with E-state index >= 15 is 0 Å². The number of carbonyl (C=O) groups excluding carboxylic acids is 2. The lowest BCUT2D eigenvalue weighted by Gasteiger charge is -2.15. The van der Waals surface area contributed by atoms with Crippen molar-refractivity contribution >= 4 is 40.1 Å². The Morgan fingerprint density at radius 1 is 1.56 bits per heavy atom. The highest BCUT2D eigenvalue weighted by Gasteiger charge is 2.33. The van der Waals surface area contributed by atoms with Crippen molar-refractivity contribution in [3.8, 4) is 0 Å². The van der Waals surface area contributed by atoms with Gasteiger partial charge in [0.25, 0.3) is 0 Å². The number of pyridine rings is 1. The number of anilines is 1. The van der Waals surface area contributed by atoms with Gasteiger partial charge in [0.2, 0.25) is 11.8 Å². The number of carbonyl (C=O) groups is 2. The SMILES string of the molecule is NC(=O)C1CC(=O)N(c2ccc(I)nc2)C1. The molecule has 0 saturated carbocycles. The Hall–Kier alpha value is -1.18. The Kier molecular flexibility index (Phi) is 3.08. The van der Waals surface area contributed by atoms with Gasteiger partial charge < -0.3 is 10.6 Å². The lowest BCUT2D eigenvalue weighted by Crippen LogP contribution is -2.28. The van der Waals surface area contributed by atoms with Crippen LogP contribution in [0.5, 0.6) is 0 Å². The van der Waals surface area contributed by atoms with Gasteiger partial charge >= 0.3 is 0 Å². The molecular weight excluding hydrogens is 321 g/mol. The molecular formula is C10H10IN3O2. The van der Waals surface area contributed by atoms with Gasteiger partial charge in [0, 0.05) is 13.0 Å². The van der Waals surface area contributed by atoms with Gasteiger partial charge in [-0.15, -0.1) is 0 Å². The van der Waals surface area contributed by atoms with E-state index in [4.69, 9.17) is 5.73 Å². The molecule has 6 heteroatoms. The number of nitrogens with two attached hydrogens (primary N) is 1. The lowest BCUT2D eigenvalue weighted by molar-refractivity contribution is -0.123. The van der Waals surface area contributed by atoms with Crippen molar-refractivity contribution in [2.45, 2.75) is 6.42 Å². The van der Waals surface area contributed by atoms with Crippen LogP contribution in [-0.4, -0.2) is 23.3 Å². The minimum Gasteiger partial charge on any atom is -0.369 e. The zero-order valence-electron chi connectivity index (χ0n) is 8.39. The fourth-order valence-corrected chi connectivity index (χ4v) is 1.99. The average Bonchev–Trinajstić information content (AvgIpc) is 2.62. The summed E-state index contributed by atoms with van der Waals surface area (Å²) in [5.41, 5.74) is 5.91. The molecule has 16 heavy (non-hydrogen) atoms. The number of nitrogens with zero attached hydrogens (tertiary/aromatic N) is 2. The van der Waals surface area contributed by atoms with Gasteiger partial charge in [-0.1, -0.05) is 0 Å². The molecule has 0 radical (unpaired) electrons. The van der Waals surface area contributed by atoms with Crippen LogP contribution >= 0.6 is 22.6 Å². The molecule has 2 N–H and O–H groups in total. The summed E-state index contributed by atoms with van der Waals surface area (Å²) in [6.07, 6.45) is 1.82. The molecule has 2 rings (SSSR count). The highest BCUT2D eigenvalue weighted by atomic mass is 127. The number of rotatable bonds is 2. The van der Waals surface area contributed by atoms with E-state index < -0.39 is 5.91 Å². The summed E-state index contributed by atoms with van der Waals surface area (Å²) in [6, 6.07) is 3.64. The molecule has 1 aromatic heterocycles. The van der Waals surface area contributed by atoms with E-state index in [1.54, 1.807) is 11.1 Å². The van der Waals surface area contributed by atoms with Crippen molar-refractivity contribution < 1.29 is 9.59 Å². The maximum atomic E-state index is 11.7. The molecule has 1 saturated heterocycles. The summed E-state index contributed by atoms with van der Waals surface area (Å²) in [5.74, 6) is -0.882. The molecule has 1 fully saturated rings. The monoisotopic (exact) mass is 331 g/mol. The molecule has 1 aliphatic heterocycles. The molecule has 1 atom stereocenters. The topological polar surface area (TPSA) is 76.3 Å². The Morgan fingerprint density at radius 2 is 2.31 bits per heavy atom. The summed E-state index contributed by atoms with van der Waals surface area (Å²) >= 11 is 2.09. The second kappa shape index (κ2) is 4.36. The smallest absolute Gasteiger partial charge is 0.227 e. The van der Waals surface area contributed by atoms with Crippen molar-refractivity contribution in [1.29, 1.82) is 0 Å². The Balaban J connectivity index is 2.20. The first-order chi connectivity index (χ1) is 7.58. The van der Waals surface area contributed by atoms with E-state index in [0.717, 1.165) is 3.70 Å². The highest BCUT2D eigenvalue weighted by Crippen LogP contribution is 2.24. The molecule has 0 bridgehead atoms. The molecule has 0 aliphatic carbocycles. The zero-order chi connectivity index (χ0) is 11.7. The van der Waals surface area contributed by atoms with E-state index in [-0.39, 0.29) is 18.2 Å². The summed E-state index contributed by atoms with van der Waals surface area (Å²) in [4.78, 5) is 28.3. The second-order valence-corrected chi connectivity index (χ2v) is 4.75. The van der Waals surface area contributed by atoms with E-state index in [1.165, 1.54) is 0 Å². The molecule has 2 heterocycles. The summed E-state index contributed by atoms with van der Waals surface area (Å²) < 4.78 is 0.861. The maximum Gasteiger partial charge on any atom is 0.227 e. The second-order valence-electron chi connectivity index (χ2n) is 3.65. The van der Waals surface area contributed by atoms with Crippen molar-refractivity contribution in [1.82, 2.24) is 4.98 Å². The summed E-state index contributed by atoms with van der Waals surface area (Å²) in [5, 5.41) is 0. The Labute approximate surface area is 106 Å². The van der Waals surface area contributed by atoms with Crippen molar-refractivity contribution in [2.24, 2.45) is 11.7 Å². The van der Waals surface area contributed by atoms with Gasteiger partial charge in [-0.2, -0.15) is 0 Å². The van der Waals surface area contributed by atoms with Gasteiger partial charge in [-0.3, -0.25) is 9.59 Å². The molecule has 0 aromatic carbocycles. The molecule has 1 aromatic rings. The van der Waals surface area contributed by atoms with Crippen LogP contribution in [0.25, 0.3) is 0 Å². The molecule has 84 valence electrons. The minimum absolute atomic E-state index is 0.0770. The van der Waals surface area contributed by atoms with Crippen molar-refractivity contribution in [2.75, 3.05) is 11.4 Å². The van der Waals surface area contributed by atoms with E-state index in [9.17, 15) is 9.59 Å². The predicted molar refractivity (Wildman–Crippen MR) is 66.6 cm³/mol. The first-order valence-corrected chi connectivity index (χ1v) is 5.87. The quantitative estimate of drug-likeness (QED) is 0.634. The highest BCUT2D eigenvalue weighted by molar-refractivity contribution is 14.1. The van der Waals surface area contributed by atoms with Crippen LogP contribution in [0.2, 0.25) is 0 Å². The van der Waals surface area contributed by atoms with Crippen LogP contribution in [0.15, 0.2) is 18.3 Å². The van der Waals surface area contributed by atoms with Crippen LogP contribution < -0.4 is 10.6 Å². The number of hydrogen-bond donors (Lipinski definition) is 1. The van der Waals surface area contributed by atoms with Gasteiger partial charge in [-0.05, 0) is 34.7 Å². The summed E-state index contributed by atoms with van der Waals surface area (Å²) in [6.45, 7) is 0.358. The van der Waals surface area contributed by atoms with Crippen LogP contribution in [0.4, 0.5) is 5.69 Å². The van der Waals surface area contributed by atoms with Gasteiger partial charge in [-0.25, -0.2) is 4.98 Å². The third kappa shape index (κ3) is 2.16. The molecule has 0 spiro atoms. The largest absolute Gasteiger partial charge is 0.369 e. The predicted octanol–water partition coefficient (Wildman–Crippen LogP) is 0.524. The molecule has 1 aliphatic rings. The normalized spacial score (nSPS) is 20.2. The van der Waals surface area contributed by atoms with Gasteiger partial charge in [0.05, 0.1) is 17.8 Å². The first kappa shape index (κ1) is 11.3. The van der Waals surface area contributed by atoms with Crippen molar-refractivity contribution in [3.63, 3.8) is 0 Å². The number of amides is 2. The molecule has 2 amide bonds. The third-order valence-corrected chi connectivity index (χ3v) is 3.19. The Bertz CT molecular complexity index is 432. The number of hydrogen-bond acceptors (Lipinski definition) is 3. The average molecular weight is 331 g/mol. The number of primary amides is 1. The molecule has 5 nitrogen and oxygen atoms in total. The lowest BCUT2D eigenvalue weighted by atomic mass is 10.1. The van der Waals surface area contributed by atoms with Crippen LogP contribution in [0, 0.1) is 9.62 Å². The fourth-order valence-electron chi connectivity index (χ4n) is 1.68. The minimum atomic E-state index is -0.422. The third-order valence-electron chi connectivity index (χ3n) is 2.55. The number of aromatic nitrogens is 1. The maximum absolute atomic E-state index is 11.7.